The van der Waals surface area contributed by atoms with Crippen molar-refractivity contribution in [1.29, 1.82) is 0 Å². The Hall–Kier alpha value is -5.12. The number of fused-ring (bicyclic) bond motifs is 2. The van der Waals surface area contributed by atoms with Gasteiger partial charge in [0.2, 0.25) is 11.6 Å². The van der Waals surface area contributed by atoms with Gasteiger partial charge in [-0.05, 0) is 43.3 Å². The lowest BCUT2D eigenvalue weighted by Gasteiger charge is -2.17. The first-order valence-electron chi connectivity index (χ1n) is 11.6. The molecule has 0 aliphatic carbocycles. The molecule has 0 radical (unpaired) electrons. The molecule has 10 heteroatoms. The number of hydrogen-bond donors (Lipinski definition) is 1. The molecule has 192 valence electrons. The van der Waals surface area contributed by atoms with E-state index < -0.39 is 12.1 Å². The smallest absolute Gasteiger partial charge is 0.344 e. The molecule has 0 aliphatic heterocycles. The van der Waals surface area contributed by atoms with E-state index in [4.69, 9.17) is 18.6 Å². The summed E-state index contributed by atoms with van der Waals surface area (Å²) in [5.41, 5.74) is 1.29. The van der Waals surface area contributed by atoms with Crippen molar-refractivity contribution in [2.45, 2.75) is 13.0 Å². The van der Waals surface area contributed by atoms with Crippen molar-refractivity contribution in [3.05, 3.63) is 82.6 Å². The normalized spacial score (nSPS) is 12.2. The highest BCUT2D eigenvalue weighted by Crippen LogP contribution is 2.39. The van der Waals surface area contributed by atoms with Crippen LogP contribution in [-0.2, 0) is 4.79 Å². The van der Waals surface area contributed by atoms with E-state index >= 15 is 0 Å². The number of carbonyl (C=O) groups is 1. The summed E-state index contributed by atoms with van der Waals surface area (Å²) in [6.07, 6.45) is 0.311. The Labute approximate surface area is 216 Å². The number of aliphatic carboxylic acids is 1. The van der Waals surface area contributed by atoms with Crippen LogP contribution in [0, 0.1) is 0 Å². The van der Waals surface area contributed by atoms with Gasteiger partial charge in [0.25, 0.3) is 5.56 Å². The molecule has 0 saturated carbocycles. The molecule has 3 aromatic carbocycles. The molecule has 0 fully saturated rings. The highest BCUT2D eigenvalue weighted by atomic mass is 16.6. The first-order chi connectivity index (χ1) is 18.4. The van der Waals surface area contributed by atoms with Crippen LogP contribution in [0.15, 0.2) is 81.0 Å². The van der Waals surface area contributed by atoms with Crippen LogP contribution >= 0.6 is 0 Å². The highest BCUT2D eigenvalue weighted by molar-refractivity contribution is 5.85. The van der Waals surface area contributed by atoms with E-state index in [-0.39, 0.29) is 28.6 Å². The second-order valence-corrected chi connectivity index (χ2v) is 8.32. The number of ether oxygens (including phenoxy) is 3. The van der Waals surface area contributed by atoms with Crippen molar-refractivity contribution < 1.29 is 28.5 Å². The van der Waals surface area contributed by atoms with Crippen LogP contribution in [-0.4, -0.2) is 47.3 Å². The van der Waals surface area contributed by atoms with Gasteiger partial charge in [-0.1, -0.05) is 30.3 Å². The third-order valence-electron chi connectivity index (χ3n) is 5.85. The van der Waals surface area contributed by atoms with E-state index in [1.165, 1.54) is 32.0 Å². The van der Waals surface area contributed by atoms with Gasteiger partial charge in [0.05, 0.1) is 31.3 Å². The monoisotopic (exact) mass is 513 g/mol. The van der Waals surface area contributed by atoms with Crippen molar-refractivity contribution in [2.75, 3.05) is 14.2 Å². The van der Waals surface area contributed by atoms with Crippen molar-refractivity contribution >= 4 is 34.1 Å². The van der Waals surface area contributed by atoms with E-state index in [1.807, 2.05) is 24.3 Å². The lowest BCUT2D eigenvalue weighted by molar-refractivity contribution is -0.144. The lowest BCUT2D eigenvalue weighted by atomic mass is 10.2. The molecular formula is C28H23N3O7. The Morgan fingerprint density at radius 3 is 2.42 bits per heavy atom. The van der Waals surface area contributed by atoms with Gasteiger partial charge in [0.1, 0.15) is 5.58 Å². The molecule has 0 bridgehead atoms. The number of benzene rings is 3. The van der Waals surface area contributed by atoms with E-state index in [2.05, 4.69) is 10.1 Å². The van der Waals surface area contributed by atoms with Crippen molar-refractivity contribution in [3.63, 3.8) is 0 Å². The van der Waals surface area contributed by atoms with Crippen LogP contribution in [0.25, 0.3) is 33.5 Å². The number of methoxy groups -OCH3 is 2. The Kier molecular flexibility index (Phi) is 6.53. The zero-order chi connectivity index (χ0) is 26.8. The van der Waals surface area contributed by atoms with E-state index in [9.17, 15) is 14.7 Å². The predicted molar refractivity (Wildman–Crippen MR) is 141 cm³/mol. The number of furan rings is 1. The van der Waals surface area contributed by atoms with Gasteiger partial charge in [-0.3, -0.25) is 4.79 Å². The van der Waals surface area contributed by atoms with Gasteiger partial charge in [0, 0.05) is 10.9 Å². The van der Waals surface area contributed by atoms with Gasteiger partial charge >= 0.3 is 5.97 Å². The number of carboxylic acids is 1. The van der Waals surface area contributed by atoms with Gasteiger partial charge in [-0.15, -0.1) is 0 Å². The van der Waals surface area contributed by atoms with Crippen LogP contribution < -0.4 is 19.8 Å². The van der Waals surface area contributed by atoms with Gasteiger partial charge in [-0.25, -0.2) is 9.78 Å². The van der Waals surface area contributed by atoms with Crippen LogP contribution in [0.1, 0.15) is 12.5 Å². The summed E-state index contributed by atoms with van der Waals surface area (Å²) in [7, 11) is 2.84. The average molecular weight is 514 g/mol. The Morgan fingerprint density at radius 1 is 1.05 bits per heavy atom. The summed E-state index contributed by atoms with van der Waals surface area (Å²) in [5, 5.41) is 14.9. The SMILES string of the molecule is COc1cc(C=Nn2c(-c3cc4ccccc4o3)nc3ccccc3c2=O)cc(OC)c1O[C@@H](C)C(=O)O. The minimum Gasteiger partial charge on any atom is -0.493 e. The van der Waals surface area contributed by atoms with Gasteiger partial charge < -0.3 is 23.7 Å². The summed E-state index contributed by atoms with van der Waals surface area (Å²) >= 11 is 0. The van der Waals surface area contributed by atoms with Gasteiger partial charge in [-0.2, -0.15) is 9.78 Å². The number of aromatic nitrogens is 2. The molecule has 0 spiro atoms. The molecule has 2 heterocycles. The molecule has 2 aromatic heterocycles. The van der Waals surface area contributed by atoms with Crippen LogP contribution in [0.5, 0.6) is 17.2 Å². The molecule has 0 saturated heterocycles. The maximum absolute atomic E-state index is 13.5. The topological polar surface area (TPSA) is 125 Å². The first kappa shape index (κ1) is 24.6. The maximum Gasteiger partial charge on any atom is 0.344 e. The summed E-state index contributed by atoms with van der Waals surface area (Å²) in [4.78, 5) is 29.4. The van der Waals surface area contributed by atoms with Gasteiger partial charge in [0.15, 0.2) is 23.4 Å². The fraction of sp³-hybridized carbons (Fsp3) is 0.143. The minimum atomic E-state index is -1.14. The number of nitrogens with zero attached hydrogens (tertiary/aromatic N) is 3. The molecule has 5 aromatic rings. The summed E-state index contributed by atoms with van der Waals surface area (Å²) < 4.78 is 23.5. The summed E-state index contributed by atoms with van der Waals surface area (Å²) in [5.74, 6) is 0.0828. The average Bonchev–Trinajstić information content (AvgIpc) is 3.37. The number of para-hydroxylation sites is 2. The zero-order valence-corrected chi connectivity index (χ0v) is 20.7. The van der Waals surface area contributed by atoms with Crippen LogP contribution in [0.2, 0.25) is 0 Å². The molecule has 38 heavy (non-hydrogen) atoms. The third-order valence-corrected chi connectivity index (χ3v) is 5.85. The lowest BCUT2D eigenvalue weighted by Crippen LogP contribution is -2.23. The first-order valence-corrected chi connectivity index (χ1v) is 11.6. The molecule has 1 atom stereocenters. The predicted octanol–water partition coefficient (Wildman–Crippen LogP) is 4.56. The van der Waals surface area contributed by atoms with Crippen LogP contribution in [0.3, 0.4) is 0 Å². The fourth-order valence-electron chi connectivity index (χ4n) is 3.92. The Bertz CT molecular complexity index is 1700. The molecule has 0 aliphatic rings. The molecule has 10 nitrogen and oxygen atoms in total. The number of rotatable bonds is 8. The third kappa shape index (κ3) is 4.55. The zero-order valence-electron chi connectivity index (χ0n) is 20.7. The molecule has 0 unspecified atom stereocenters. The quantitative estimate of drug-likeness (QED) is 0.299. The summed E-state index contributed by atoms with van der Waals surface area (Å²) in [6.45, 7) is 1.40. The second kappa shape index (κ2) is 10.1. The Morgan fingerprint density at radius 2 is 1.74 bits per heavy atom. The Balaban J connectivity index is 1.64. The van der Waals surface area contributed by atoms with E-state index in [0.717, 1.165) is 5.39 Å². The minimum absolute atomic E-state index is 0.134. The number of carboxylic acid groups (broad SMARTS) is 1. The largest absolute Gasteiger partial charge is 0.493 e. The van der Waals surface area contributed by atoms with E-state index in [1.54, 1.807) is 42.5 Å². The summed E-state index contributed by atoms with van der Waals surface area (Å²) in [6, 6.07) is 19.5. The maximum atomic E-state index is 13.5. The highest BCUT2D eigenvalue weighted by Gasteiger charge is 2.21. The van der Waals surface area contributed by atoms with Crippen LogP contribution in [0.4, 0.5) is 0 Å². The molecule has 0 amide bonds. The van der Waals surface area contributed by atoms with E-state index in [0.29, 0.717) is 27.8 Å². The number of hydrogen-bond acceptors (Lipinski definition) is 8. The van der Waals surface area contributed by atoms with Crippen molar-refractivity contribution in [1.82, 2.24) is 9.66 Å². The standard InChI is InChI=1S/C28H23N3O7/c1-16(28(33)34)37-25-22(35-2)12-17(13-23(25)36-3)15-29-31-26(24-14-18-8-4-7-11-21(18)38-24)30-20-10-6-5-9-19(20)27(31)32/h4-16H,1-3H3,(H,33,34)/t16-/m0/s1. The molecular weight excluding hydrogens is 490 g/mol. The van der Waals surface area contributed by atoms with Crippen molar-refractivity contribution in [2.24, 2.45) is 5.10 Å². The fourth-order valence-corrected chi connectivity index (χ4v) is 3.92. The van der Waals surface area contributed by atoms with Crippen molar-refractivity contribution in [3.8, 4) is 28.8 Å². The molecule has 5 rings (SSSR count). The molecule has 1 N–H and O–H groups in total. The second-order valence-electron chi connectivity index (χ2n) is 8.32.